The van der Waals surface area contributed by atoms with Crippen molar-refractivity contribution in [2.45, 2.75) is 0 Å². The monoisotopic (exact) mass is 813 g/mol. The van der Waals surface area contributed by atoms with Gasteiger partial charge in [0, 0.05) is 68.5 Å². The van der Waals surface area contributed by atoms with E-state index in [-0.39, 0.29) is 0 Å². The number of rotatable bonds is 5. The summed E-state index contributed by atoms with van der Waals surface area (Å²) in [6, 6.07) is 66.6. The molecule has 0 saturated carbocycles. The van der Waals surface area contributed by atoms with Crippen LogP contribution < -0.4 is 0 Å². The van der Waals surface area contributed by atoms with Crippen molar-refractivity contribution in [2.24, 2.45) is 0 Å². The highest BCUT2D eigenvalue weighted by Gasteiger charge is 2.22. The van der Waals surface area contributed by atoms with Crippen LogP contribution in [0.2, 0.25) is 0 Å². The van der Waals surface area contributed by atoms with Gasteiger partial charge in [-0.05, 0) is 65.7 Å². The third kappa shape index (κ3) is 5.38. The molecule has 0 saturated heterocycles. The number of hydrogen-bond acceptors (Lipinski definition) is 6. The number of para-hydroxylation sites is 1. The first-order chi connectivity index (χ1) is 30.2. The van der Waals surface area contributed by atoms with E-state index in [1.807, 2.05) is 35.6 Å². The summed E-state index contributed by atoms with van der Waals surface area (Å²) in [4.78, 5) is 22.1. The molecule has 0 radical (unpaired) electrons. The molecule has 0 N–H and O–H groups in total. The van der Waals surface area contributed by atoms with E-state index in [1.165, 1.54) is 41.4 Å². The highest BCUT2D eigenvalue weighted by atomic mass is 32.1. The highest BCUT2D eigenvalue weighted by molar-refractivity contribution is 7.26. The summed E-state index contributed by atoms with van der Waals surface area (Å²) in [7, 11) is 0. The van der Waals surface area contributed by atoms with Crippen LogP contribution in [0.5, 0.6) is 0 Å². The molecule has 0 bridgehead atoms. The second-order valence-corrected chi connectivity index (χ2v) is 17.5. The number of benzene rings is 8. The molecular formula is C54H31N5S2. The standard InChI is InChI=1S/C54H31N5S2/c1-3-14-32(15-4-1)49-48-40-20-9-12-25-47(40)61-54(48)58-52(56-49)35-27-29-45-42(31-35)41-30-34(36-21-13-22-38-37-18-8-11-24-46(37)60-50(36)38)26-28-44(41)59(45)53-39-19-7-10-23-43(39)55-51(57-53)33-16-5-2-6-17-33/h1-31H. The van der Waals surface area contributed by atoms with Crippen LogP contribution in [0.3, 0.4) is 0 Å². The molecule has 0 aliphatic carbocycles. The van der Waals surface area contributed by atoms with E-state index < -0.39 is 0 Å². The van der Waals surface area contributed by atoms with Crippen LogP contribution in [0.4, 0.5) is 0 Å². The molecule has 13 aromatic rings. The minimum atomic E-state index is 0.687. The van der Waals surface area contributed by atoms with E-state index in [0.29, 0.717) is 11.6 Å². The third-order valence-corrected chi connectivity index (χ3v) is 14.1. The van der Waals surface area contributed by atoms with Crippen molar-refractivity contribution in [1.82, 2.24) is 24.5 Å². The Kier molecular flexibility index (Phi) is 7.58. The van der Waals surface area contributed by atoms with Crippen molar-refractivity contribution in [1.29, 1.82) is 0 Å². The van der Waals surface area contributed by atoms with Gasteiger partial charge in [0.15, 0.2) is 11.6 Å². The van der Waals surface area contributed by atoms with Gasteiger partial charge in [0.25, 0.3) is 0 Å². The molecule has 13 rings (SSSR count). The lowest BCUT2D eigenvalue weighted by atomic mass is 10.00. The van der Waals surface area contributed by atoms with Crippen LogP contribution in [0.25, 0.3) is 124 Å². The molecule has 7 heteroatoms. The number of nitrogens with zero attached hydrogens (tertiary/aromatic N) is 5. The summed E-state index contributed by atoms with van der Waals surface area (Å²) in [6.07, 6.45) is 0. The Labute approximate surface area is 357 Å². The maximum Gasteiger partial charge on any atom is 0.162 e. The fraction of sp³-hybridized carbons (Fsp3) is 0. The van der Waals surface area contributed by atoms with Gasteiger partial charge in [0.2, 0.25) is 0 Å². The van der Waals surface area contributed by atoms with Gasteiger partial charge in [-0.25, -0.2) is 19.9 Å². The summed E-state index contributed by atoms with van der Waals surface area (Å²) >= 11 is 3.58. The fourth-order valence-corrected chi connectivity index (χ4v) is 11.4. The Morgan fingerprint density at radius 2 is 0.984 bits per heavy atom. The van der Waals surface area contributed by atoms with Gasteiger partial charge in [0.05, 0.1) is 22.2 Å². The summed E-state index contributed by atoms with van der Waals surface area (Å²) in [5.41, 5.74) is 9.34. The van der Waals surface area contributed by atoms with E-state index in [1.54, 1.807) is 11.3 Å². The first-order valence-electron chi connectivity index (χ1n) is 20.3. The van der Waals surface area contributed by atoms with Crippen LogP contribution in [-0.4, -0.2) is 24.5 Å². The van der Waals surface area contributed by atoms with Crippen LogP contribution in [0, 0.1) is 0 Å². The molecule has 0 atom stereocenters. The van der Waals surface area contributed by atoms with Crippen molar-refractivity contribution in [3.8, 4) is 51.0 Å². The van der Waals surface area contributed by atoms with Crippen molar-refractivity contribution in [3.63, 3.8) is 0 Å². The predicted octanol–water partition coefficient (Wildman–Crippen LogP) is 14.9. The summed E-state index contributed by atoms with van der Waals surface area (Å²) in [6.45, 7) is 0. The smallest absolute Gasteiger partial charge is 0.162 e. The molecule has 0 amide bonds. The van der Waals surface area contributed by atoms with Gasteiger partial charge < -0.3 is 0 Å². The van der Waals surface area contributed by atoms with Gasteiger partial charge in [0.1, 0.15) is 10.6 Å². The lowest BCUT2D eigenvalue weighted by Crippen LogP contribution is -2.02. The minimum Gasteiger partial charge on any atom is -0.293 e. The van der Waals surface area contributed by atoms with E-state index in [9.17, 15) is 0 Å². The number of thiophene rings is 2. The zero-order valence-corrected chi connectivity index (χ0v) is 34.1. The largest absolute Gasteiger partial charge is 0.293 e. The molecule has 5 heterocycles. The number of aromatic nitrogens is 5. The van der Waals surface area contributed by atoms with Crippen molar-refractivity contribution in [2.75, 3.05) is 0 Å². The average molecular weight is 814 g/mol. The second-order valence-electron chi connectivity index (χ2n) is 15.4. The molecular weight excluding hydrogens is 783 g/mol. The highest BCUT2D eigenvalue weighted by Crippen LogP contribution is 2.44. The van der Waals surface area contributed by atoms with Gasteiger partial charge >= 0.3 is 0 Å². The maximum absolute atomic E-state index is 5.39. The van der Waals surface area contributed by atoms with E-state index >= 15 is 0 Å². The van der Waals surface area contributed by atoms with Gasteiger partial charge in [-0.15, -0.1) is 22.7 Å². The van der Waals surface area contributed by atoms with Crippen molar-refractivity contribution < 1.29 is 0 Å². The Balaban J connectivity index is 1.10. The molecule has 0 aliphatic rings. The van der Waals surface area contributed by atoms with E-state index in [2.05, 4.69) is 168 Å². The van der Waals surface area contributed by atoms with Crippen LogP contribution in [0.1, 0.15) is 0 Å². The van der Waals surface area contributed by atoms with Gasteiger partial charge in [-0.2, -0.15) is 0 Å². The zero-order valence-electron chi connectivity index (χ0n) is 32.5. The molecule has 5 nitrogen and oxygen atoms in total. The van der Waals surface area contributed by atoms with Crippen LogP contribution >= 0.6 is 22.7 Å². The Morgan fingerprint density at radius 1 is 0.377 bits per heavy atom. The summed E-state index contributed by atoms with van der Waals surface area (Å²) < 4.78 is 6.11. The summed E-state index contributed by atoms with van der Waals surface area (Å²) in [5.74, 6) is 2.23. The molecule has 0 aliphatic heterocycles. The van der Waals surface area contributed by atoms with Crippen molar-refractivity contribution >= 4 is 95.9 Å². The molecule has 5 aromatic heterocycles. The fourth-order valence-electron chi connectivity index (χ4n) is 9.04. The number of hydrogen-bond donors (Lipinski definition) is 0. The van der Waals surface area contributed by atoms with E-state index in [0.717, 1.165) is 71.1 Å². The average Bonchev–Trinajstić information content (AvgIpc) is 4.00. The zero-order chi connectivity index (χ0) is 40.0. The number of fused-ring (bicyclic) bond motifs is 10. The van der Waals surface area contributed by atoms with Crippen LogP contribution in [0.15, 0.2) is 188 Å². The lowest BCUT2D eigenvalue weighted by Gasteiger charge is -2.13. The second kappa shape index (κ2) is 13.5. The minimum absolute atomic E-state index is 0.687. The van der Waals surface area contributed by atoms with Crippen molar-refractivity contribution in [3.05, 3.63) is 188 Å². The summed E-state index contributed by atoms with van der Waals surface area (Å²) in [5, 5.41) is 8.06. The quantitative estimate of drug-likeness (QED) is 0.174. The Hall–Kier alpha value is -7.58. The topological polar surface area (TPSA) is 56.5 Å². The van der Waals surface area contributed by atoms with Gasteiger partial charge in [-0.3, -0.25) is 4.57 Å². The van der Waals surface area contributed by atoms with E-state index in [4.69, 9.17) is 19.9 Å². The molecule has 0 unspecified atom stereocenters. The van der Waals surface area contributed by atoms with Gasteiger partial charge in [-0.1, -0.05) is 133 Å². The molecule has 0 fully saturated rings. The maximum atomic E-state index is 5.39. The molecule has 61 heavy (non-hydrogen) atoms. The van der Waals surface area contributed by atoms with Crippen LogP contribution in [-0.2, 0) is 0 Å². The molecule has 8 aromatic carbocycles. The third-order valence-electron chi connectivity index (χ3n) is 11.9. The SMILES string of the molecule is c1ccc(-c2nc(-n3c4ccc(-c5nc(-c6ccccc6)c6c(n5)sc5ccccc56)cc4c4cc(-c5cccc6c5sc5ccccc56)ccc43)c3ccccc3n2)cc1. The predicted molar refractivity (Wildman–Crippen MR) is 257 cm³/mol. The normalized spacial score (nSPS) is 11.9. The first-order valence-corrected chi connectivity index (χ1v) is 21.9. The lowest BCUT2D eigenvalue weighted by molar-refractivity contribution is 1.08. The Bertz CT molecular complexity index is 3880. The molecule has 284 valence electrons. The first kappa shape index (κ1) is 34.3. The molecule has 0 spiro atoms. The Morgan fingerprint density at radius 3 is 1.77 bits per heavy atom.